The first kappa shape index (κ1) is 13.8. The van der Waals surface area contributed by atoms with E-state index in [-0.39, 0.29) is 18.4 Å². The molecule has 0 aromatic carbocycles. The van der Waals surface area contributed by atoms with Gasteiger partial charge in [-0.25, -0.2) is 0 Å². The van der Waals surface area contributed by atoms with Gasteiger partial charge in [0.05, 0.1) is 5.92 Å². The van der Waals surface area contributed by atoms with Crippen molar-refractivity contribution < 1.29 is 22.8 Å². The Hall–Kier alpha value is -2.13. The lowest BCUT2D eigenvalue weighted by Crippen LogP contribution is -2.30. The Morgan fingerprint density at radius 1 is 1.38 bits per heavy atom. The second kappa shape index (κ2) is 4.71. The maximum Gasteiger partial charge on any atom is 0.451 e. The first-order valence-corrected chi connectivity index (χ1v) is 6.44. The highest BCUT2D eigenvalue weighted by Crippen LogP contribution is 2.33. The van der Waals surface area contributed by atoms with Gasteiger partial charge in [-0.2, -0.15) is 18.2 Å². The molecule has 1 aliphatic carbocycles. The molecule has 1 saturated heterocycles. The van der Waals surface area contributed by atoms with Crippen molar-refractivity contribution in [2.45, 2.75) is 31.5 Å². The summed E-state index contributed by atoms with van der Waals surface area (Å²) >= 11 is 0. The van der Waals surface area contributed by atoms with Gasteiger partial charge >= 0.3 is 6.18 Å². The van der Waals surface area contributed by atoms with Gasteiger partial charge in [-0.3, -0.25) is 20.0 Å². The first-order chi connectivity index (χ1) is 9.84. The molecule has 2 N–H and O–H groups in total. The molecule has 114 valence electrons. The Morgan fingerprint density at radius 3 is 2.67 bits per heavy atom. The third-order valence-corrected chi connectivity index (χ3v) is 3.51. The maximum atomic E-state index is 12.3. The molecule has 2 heterocycles. The van der Waals surface area contributed by atoms with Crippen molar-refractivity contribution in [1.29, 1.82) is 0 Å². The fourth-order valence-electron chi connectivity index (χ4n) is 2.30. The van der Waals surface area contributed by atoms with Crippen LogP contribution in [0.4, 0.5) is 19.1 Å². The number of hydrogen-bond donors (Lipinski definition) is 2. The Labute approximate surface area is 116 Å². The minimum Gasteiger partial charge on any atom is -0.339 e. The summed E-state index contributed by atoms with van der Waals surface area (Å²) in [6.45, 7) is 0.298. The summed E-state index contributed by atoms with van der Waals surface area (Å²) in [6, 6.07) is 0.218. The molecule has 0 unspecified atom stereocenters. The minimum atomic E-state index is -4.65. The summed E-state index contributed by atoms with van der Waals surface area (Å²) in [7, 11) is 0. The molecule has 1 aromatic heterocycles. The van der Waals surface area contributed by atoms with Crippen LogP contribution < -0.4 is 5.32 Å². The monoisotopic (exact) mass is 303 g/mol. The molecular formula is C11H12F3N5O2. The lowest BCUT2D eigenvalue weighted by Gasteiger charge is -2.14. The van der Waals surface area contributed by atoms with Crippen molar-refractivity contribution >= 4 is 17.8 Å². The topological polar surface area (TPSA) is 91.0 Å². The molecule has 1 atom stereocenters. The van der Waals surface area contributed by atoms with Gasteiger partial charge in [0.2, 0.25) is 23.6 Å². The zero-order valence-electron chi connectivity index (χ0n) is 10.8. The minimum absolute atomic E-state index is 0.0683. The van der Waals surface area contributed by atoms with E-state index in [1.54, 1.807) is 10.00 Å². The van der Waals surface area contributed by atoms with Crippen molar-refractivity contribution in [3.8, 4) is 0 Å². The smallest absolute Gasteiger partial charge is 0.339 e. The van der Waals surface area contributed by atoms with Gasteiger partial charge < -0.3 is 4.90 Å². The molecule has 2 aliphatic rings. The number of H-pyrrole nitrogens is 1. The average molecular weight is 303 g/mol. The number of rotatable bonds is 3. The van der Waals surface area contributed by atoms with E-state index in [1.807, 2.05) is 0 Å². The van der Waals surface area contributed by atoms with E-state index in [2.05, 4.69) is 15.4 Å². The molecule has 0 bridgehead atoms. The standard InChI is InChI=1S/C11H12F3N5O2/c12-11(13,14)9-16-10(18-17-9)15-8(21)5-3-7(20)19(4-5)6-1-2-6/h5-6H,1-4H2,(H2,15,16,17,18,21)/t5-/m0/s1. The number of anilines is 1. The summed E-state index contributed by atoms with van der Waals surface area (Å²) in [4.78, 5) is 28.5. The van der Waals surface area contributed by atoms with Gasteiger partial charge in [0.1, 0.15) is 0 Å². The Morgan fingerprint density at radius 2 is 2.10 bits per heavy atom. The third-order valence-electron chi connectivity index (χ3n) is 3.51. The largest absolute Gasteiger partial charge is 0.451 e. The molecule has 21 heavy (non-hydrogen) atoms. The Bertz CT molecular complexity index is 581. The lowest BCUT2D eigenvalue weighted by atomic mass is 10.1. The zero-order chi connectivity index (χ0) is 15.2. The van der Waals surface area contributed by atoms with Gasteiger partial charge in [0.15, 0.2) is 0 Å². The van der Waals surface area contributed by atoms with Crippen molar-refractivity contribution in [1.82, 2.24) is 20.1 Å². The van der Waals surface area contributed by atoms with E-state index < -0.39 is 29.8 Å². The summed E-state index contributed by atoms with van der Waals surface area (Å²) < 4.78 is 37.0. The highest BCUT2D eigenvalue weighted by atomic mass is 19.4. The van der Waals surface area contributed by atoms with Crippen LogP contribution in [-0.2, 0) is 15.8 Å². The zero-order valence-corrected chi connectivity index (χ0v) is 10.8. The number of halogens is 3. The number of alkyl halides is 3. The molecular weight excluding hydrogens is 291 g/mol. The number of carbonyl (C=O) groups is 2. The van der Waals surface area contributed by atoms with Gasteiger partial charge in [-0.15, -0.1) is 5.10 Å². The van der Waals surface area contributed by atoms with E-state index in [9.17, 15) is 22.8 Å². The number of nitrogens with zero attached hydrogens (tertiary/aromatic N) is 3. The first-order valence-electron chi connectivity index (χ1n) is 6.44. The van der Waals surface area contributed by atoms with Crippen LogP contribution in [0.25, 0.3) is 0 Å². The molecule has 10 heteroatoms. The van der Waals surface area contributed by atoms with Crippen molar-refractivity contribution in [3.63, 3.8) is 0 Å². The summed E-state index contributed by atoms with van der Waals surface area (Å²) in [5, 5.41) is 7.21. The lowest BCUT2D eigenvalue weighted by molar-refractivity contribution is -0.144. The highest BCUT2D eigenvalue weighted by molar-refractivity contribution is 5.96. The van der Waals surface area contributed by atoms with E-state index in [0.29, 0.717) is 6.54 Å². The molecule has 2 amide bonds. The van der Waals surface area contributed by atoms with Crippen molar-refractivity contribution in [3.05, 3.63) is 5.82 Å². The molecule has 1 aliphatic heterocycles. The van der Waals surface area contributed by atoms with Gasteiger partial charge in [-0.05, 0) is 12.8 Å². The molecule has 3 rings (SSSR count). The van der Waals surface area contributed by atoms with E-state index in [0.717, 1.165) is 12.8 Å². The fraction of sp³-hybridized carbons (Fsp3) is 0.636. The number of aromatic amines is 1. The van der Waals surface area contributed by atoms with Crippen LogP contribution in [0.2, 0.25) is 0 Å². The number of likely N-dealkylation sites (tertiary alicyclic amines) is 1. The number of amides is 2. The van der Waals surface area contributed by atoms with Crippen molar-refractivity contribution in [2.24, 2.45) is 5.92 Å². The fourth-order valence-corrected chi connectivity index (χ4v) is 2.30. The average Bonchev–Trinajstić information content (AvgIpc) is 2.98. The summed E-state index contributed by atoms with van der Waals surface area (Å²) in [6.07, 6.45) is -2.70. The molecule has 1 saturated carbocycles. The van der Waals surface area contributed by atoms with E-state index >= 15 is 0 Å². The second-order valence-corrected chi connectivity index (χ2v) is 5.17. The van der Waals surface area contributed by atoms with Crippen LogP contribution in [0, 0.1) is 5.92 Å². The maximum absolute atomic E-state index is 12.3. The Balaban J connectivity index is 1.61. The quantitative estimate of drug-likeness (QED) is 0.863. The number of nitrogens with one attached hydrogen (secondary N) is 2. The van der Waals surface area contributed by atoms with Gasteiger partial charge in [0.25, 0.3) is 0 Å². The van der Waals surface area contributed by atoms with Crippen LogP contribution in [0.3, 0.4) is 0 Å². The van der Waals surface area contributed by atoms with Crippen LogP contribution >= 0.6 is 0 Å². The summed E-state index contributed by atoms with van der Waals surface area (Å²) in [5.74, 6) is -2.93. The van der Waals surface area contributed by atoms with Crippen molar-refractivity contribution in [2.75, 3.05) is 11.9 Å². The molecule has 0 radical (unpaired) electrons. The summed E-state index contributed by atoms with van der Waals surface area (Å²) in [5.41, 5.74) is 0. The predicted molar refractivity (Wildman–Crippen MR) is 62.9 cm³/mol. The van der Waals surface area contributed by atoms with Crippen LogP contribution in [-0.4, -0.2) is 44.5 Å². The Kier molecular flexibility index (Phi) is 3.10. The van der Waals surface area contributed by atoms with Gasteiger partial charge in [-0.1, -0.05) is 0 Å². The molecule has 2 fully saturated rings. The van der Waals surface area contributed by atoms with E-state index in [1.165, 1.54) is 0 Å². The van der Waals surface area contributed by atoms with Crippen LogP contribution in [0.5, 0.6) is 0 Å². The number of hydrogen-bond acceptors (Lipinski definition) is 4. The SMILES string of the molecule is O=C(Nc1n[nH]c(C(F)(F)F)n1)[C@H]1CC(=O)N(C2CC2)C1. The number of aromatic nitrogens is 3. The van der Waals surface area contributed by atoms with Gasteiger partial charge in [0, 0.05) is 19.0 Å². The third kappa shape index (κ3) is 2.83. The highest BCUT2D eigenvalue weighted by Gasteiger charge is 2.42. The normalized spacial score (nSPS) is 22.7. The number of carbonyl (C=O) groups excluding carboxylic acids is 2. The molecule has 0 spiro atoms. The molecule has 1 aromatic rings. The van der Waals surface area contributed by atoms with Crippen LogP contribution in [0.1, 0.15) is 25.1 Å². The molecule has 7 nitrogen and oxygen atoms in total. The second-order valence-electron chi connectivity index (χ2n) is 5.17. The predicted octanol–water partition coefficient (Wildman–Crippen LogP) is 0.773. The van der Waals surface area contributed by atoms with E-state index in [4.69, 9.17) is 0 Å². The van der Waals surface area contributed by atoms with Crippen LogP contribution in [0.15, 0.2) is 0 Å².